The van der Waals surface area contributed by atoms with Crippen LogP contribution in [0.25, 0.3) is 10.8 Å². The standard InChI is InChI=1S/C30H35N5O3/c1-7-19(2)32-28-31-17-16-27(35-28)38-25-15-13-23(21-10-8-9-11-22(21)25)33-29(36)34-24-18-20(30(3,4)5)12-14-26(24)37-6/h8-19H,7H2,1-6H3,(H,31,32,35)(H2,33,34,36). The van der Waals surface area contributed by atoms with Crippen molar-refractivity contribution < 1.29 is 14.3 Å². The molecule has 0 aliphatic heterocycles. The summed E-state index contributed by atoms with van der Waals surface area (Å²) in [6, 6.07) is 18.8. The van der Waals surface area contributed by atoms with Gasteiger partial charge in [0.25, 0.3) is 0 Å². The van der Waals surface area contributed by atoms with Gasteiger partial charge in [-0.25, -0.2) is 9.78 Å². The van der Waals surface area contributed by atoms with Crippen molar-refractivity contribution in [2.45, 2.75) is 52.5 Å². The van der Waals surface area contributed by atoms with Crippen LogP contribution in [0.3, 0.4) is 0 Å². The summed E-state index contributed by atoms with van der Waals surface area (Å²) < 4.78 is 11.6. The van der Waals surface area contributed by atoms with Crippen LogP contribution in [0.15, 0.2) is 66.9 Å². The number of carbonyl (C=O) groups is 1. The maximum Gasteiger partial charge on any atom is 0.323 e. The van der Waals surface area contributed by atoms with Gasteiger partial charge in [-0.05, 0) is 48.6 Å². The van der Waals surface area contributed by atoms with E-state index >= 15 is 0 Å². The monoisotopic (exact) mass is 513 g/mol. The quantitative estimate of drug-likeness (QED) is 0.225. The minimum Gasteiger partial charge on any atom is -0.495 e. The van der Waals surface area contributed by atoms with Crippen LogP contribution >= 0.6 is 0 Å². The summed E-state index contributed by atoms with van der Waals surface area (Å²) >= 11 is 0. The second-order valence-electron chi connectivity index (χ2n) is 10.2. The Balaban J connectivity index is 1.57. The van der Waals surface area contributed by atoms with Crippen LogP contribution in [-0.2, 0) is 5.41 Å². The molecular weight excluding hydrogens is 478 g/mol. The molecule has 0 spiro atoms. The van der Waals surface area contributed by atoms with Crippen molar-refractivity contribution in [3.63, 3.8) is 0 Å². The highest BCUT2D eigenvalue weighted by atomic mass is 16.5. The third kappa shape index (κ3) is 6.32. The van der Waals surface area contributed by atoms with E-state index in [1.807, 2.05) is 54.6 Å². The lowest BCUT2D eigenvalue weighted by Gasteiger charge is -2.21. The number of rotatable bonds is 8. The summed E-state index contributed by atoms with van der Waals surface area (Å²) in [6.45, 7) is 10.5. The largest absolute Gasteiger partial charge is 0.495 e. The Morgan fingerprint density at radius 1 is 0.947 bits per heavy atom. The summed E-state index contributed by atoms with van der Waals surface area (Å²) in [5, 5.41) is 10.8. The zero-order valence-corrected chi connectivity index (χ0v) is 22.8. The molecule has 8 heteroatoms. The van der Waals surface area contributed by atoms with Gasteiger partial charge in [-0.1, -0.05) is 58.0 Å². The summed E-state index contributed by atoms with van der Waals surface area (Å²) in [5.74, 6) is 2.16. The first-order chi connectivity index (χ1) is 18.2. The van der Waals surface area contributed by atoms with Gasteiger partial charge in [-0.3, -0.25) is 0 Å². The van der Waals surface area contributed by atoms with Crippen molar-refractivity contribution in [1.29, 1.82) is 0 Å². The van der Waals surface area contributed by atoms with E-state index in [1.165, 1.54) is 0 Å². The molecule has 1 unspecified atom stereocenters. The predicted octanol–water partition coefficient (Wildman–Crippen LogP) is 7.58. The van der Waals surface area contributed by atoms with E-state index in [0.717, 1.165) is 22.8 Å². The molecule has 8 nitrogen and oxygen atoms in total. The Labute approximate surface area is 223 Å². The number of amides is 2. The van der Waals surface area contributed by atoms with Gasteiger partial charge < -0.3 is 25.4 Å². The number of ether oxygens (including phenoxy) is 2. The molecule has 0 radical (unpaired) electrons. The number of carbonyl (C=O) groups excluding carboxylic acids is 1. The van der Waals surface area contributed by atoms with E-state index in [0.29, 0.717) is 34.7 Å². The Kier molecular flexibility index (Phi) is 8.00. The lowest BCUT2D eigenvalue weighted by Crippen LogP contribution is -2.21. The second-order valence-corrected chi connectivity index (χ2v) is 10.2. The minimum atomic E-state index is -0.371. The highest BCUT2D eigenvalue weighted by molar-refractivity contribution is 6.08. The van der Waals surface area contributed by atoms with Gasteiger partial charge in [0.05, 0.1) is 18.5 Å². The van der Waals surface area contributed by atoms with E-state index < -0.39 is 0 Å². The van der Waals surface area contributed by atoms with E-state index in [1.54, 1.807) is 19.4 Å². The van der Waals surface area contributed by atoms with Crippen molar-refractivity contribution in [3.05, 3.63) is 72.4 Å². The molecule has 0 aliphatic carbocycles. The molecule has 3 aromatic carbocycles. The van der Waals surface area contributed by atoms with Crippen LogP contribution in [0.2, 0.25) is 0 Å². The molecule has 1 aromatic heterocycles. The normalized spacial score (nSPS) is 12.1. The number of methoxy groups -OCH3 is 1. The van der Waals surface area contributed by atoms with E-state index in [9.17, 15) is 4.79 Å². The molecule has 198 valence electrons. The maximum absolute atomic E-state index is 13.0. The maximum atomic E-state index is 13.0. The number of hydrogen-bond acceptors (Lipinski definition) is 6. The number of benzene rings is 3. The van der Waals surface area contributed by atoms with Crippen LogP contribution in [-0.4, -0.2) is 29.2 Å². The number of anilines is 3. The summed E-state index contributed by atoms with van der Waals surface area (Å²) in [7, 11) is 1.59. The molecule has 4 rings (SSSR count). The van der Waals surface area contributed by atoms with Gasteiger partial charge in [0.1, 0.15) is 11.5 Å². The Hall–Kier alpha value is -4.33. The fourth-order valence-corrected chi connectivity index (χ4v) is 3.92. The molecule has 3 N–H and O–H groups in total. The van der Waals surface area contributed by atoms with Crippen LogP contribution in [0, 0.1) is 0 Å². The van der Waals surface area contributed by atoms with E-state index in [-0.39, 0.29) is 17.5 Å². The fourth-order valence-electron chi connectivity index (χ4n) is 3.92. The number of nitrogens with one attached hydrogen (secondary N) is 3. The van der Waals surface area contributed by atoms with Crippen molar-refractivity contribution in [3.8, 4) is 17.4 Å². The molecule has 0 bridgehead atoms. The molecule has 1 atom stereocenters. The fraction of sp³-hybridized carbons (Fsp3) is 0.300. The van der Waals surface area contributed by atoms with Crippen molar-refractivity contribution in [1.82, 2.24) is 9.97 Å². The van der Waals surface area contributed by atoms with Crippen molar-refractivity contribution in [2.75, 3.05) is 23.1 Å². The molecule has 2 amide bonds. The zero-order chi connectivity index (χ0) is 27.3. The van der Waals surface area contributed by atoms with E-state index in [4.69, 9.17) is 9.47 Å². The molecule has 0 saturated carbocycles. The summed E-state index contributed by atoms with van der Waals surface area (Å²) in [5.41, 5.74) is 2.28. The van der Waals surface area contributed by atoms with Gasteiger partial charge >= 0.3 is 6.03 Å². The SMILES string of the molecule is CCC(C)Nc1nccc(Oc2ccc(NC(=O)Nc3cc(C(C)(C)C)ccc3OC)c3ccccc23)n1. The second kappa shape index (κ2) is 11.4. The first kappa shape index (κ1) is 26.7. The number of urea groups is 1. The smallest absolute Gasteiger partial charge is 0.323 e. The van der Waals surface area contributed by atoms with Crippen LogP contribution in [0.5, 0.6) is 17.4 Å². The first-order valence-electron chi connectivity index (χ1n) is 12.7. The molecule has 4 aromatic rings. The molecular formula is C30H35N5O3. The Morgan fingerprint density at radius 2 is 1.66 bits per heavy atom. The highest BCUT2D eigenvalue weighted by Gasteiger charge is 2.18. The highest BCUT2D eigenvalue weighted by Crippen LogP contribution is 2.35. The molecule has 0 saturated heterocycles. The van der Waals surface area contributed by atoms with Crippen LogP contribution in [0.1, 0.15) is 46.6 Å². The van der Waals surface area contributed by atoms with E-state index in [2.05, 4.69) is 60.5 Å². The predicted molar refractivity (Wildman–Crippen MR) is 154 cm³/mol. The number of hydrogen-bond donors (Lipinski definition) is 3. The average molecular weight is 514 g/mol. The summed E-state index contributed by atoms with van der Waals surface area (Å²) in [6.07, 6.45) is 2.62. The Bertz CT molecular complexity index is 1430. The lowest BCUT2D eigenvalue weighted by molar-refractivity contribution is 0.262. The topological polar surface area (TPSA) is 97.4 Å². The number of nitrogens with zero attached hydrogens (tertiary/aromatic N) is 2. The van der Waals surface area contributed by atoms with Gasteiger partial charge in [0, 0.05) is 29.1 Å². The molecule has 0 aliphatic rings. The molecule has 0 fully saturated rings. The first-order valence-corrected chi connectivity index (χ1v) is 12.7. The molecule has 1 heterocycles. The van der Waals surface area contributed by atoms with Gasteiger partial charge in [-0.15, -0.1) is 0 Å². The minimum absolute atomic E-state index is 0.0695. The van der Waals surface area contributed by atoms with Crippen molar-refractivity contribution >= 4 is 34.1 Å². The van der Waals surface area contributed by atoms with Gasteiger partial charge in [0.2, 0.25) is 11.8 Å². The van der Waals surface area contributed by atoms with Crippen molar-refractivity contribution in [2.24, 2.45) is 0 Å². The van der Waals surface area contributed by atoms with Crippen LogP contribution < -0.4 is 25.4 Å². The van der Waals surface area contributed by atoms with Gasteiger partial charge in [-0.2, -0.15) is 4.98 Å². The third-order valence-corrected chi connectivity index (χ3v) is 6.28. The summed E-state index contributed by atoms with van der Waals surface area (Å²) in [4.78, 5) is 21.8. The lowest BCUT2D eigenvalue weighted by atomic mass is 9.87. The van der Waals surface area contributed by atoms with Gasteiger partial charge in [0.15, 0.2) is 0 Å². The zero-order valence-electron chi connectivity index (χ0n) is 22.8. The van der Waals surface area contributed by atoms with Crippen LogP contribution in [0.4, 0.5) is 22.1 Å². The molecule has 38 heavy (non-hydrogen) atoms. The average Bonchev–Trinajstić information content (AvgIpc) is 2.89. The Morgan fingerprint density at radius 3 is 2.37 bits per heavy atom. The third-order valence-electron chi connectivity index (χ3n) is 6.28. The number of fused-ring (bicyclic) bond motifs is 1. The number of aromatic nitrogens is 2.